The molecular weight excluding hydrogens is 324 g/mol. The van der Waals surface area contributed by atoms with Crippen LogP contribution in [0.3, 0.4) is 0 Å². The monoisotopic (exact) mass is 348 g/mol. The molecule has 2 aromatic carbocycles. The van der Waals surface area contributed by atoms with Gasteiger partial charge in [-0.25, -0.2) is 0 Å². The zero-order valence-corrected chi connectivity index (χ0v) is 15.5. The van der Waals surface area contributed by atoms with Crippen LogP contribution in [0.4, 0.5) is 0 Å². The Bertz CT molecular complexity index is 806. The van der Waals surface area contributed by atoms with Gasteiger partial charge in [-0.05, 0) is 46.4 Å². The third-order valence-electron chi connectivity index (χ3n) is 5.58. The highest BCUT2D eigenvalue weighted by molar-refractivity contribution is 8.03. The van der Waals surface area contributed by atoms with Gasteiger partial charge < -0.3 is 0 Å². The lowest BCUT2D eigenvalue weighted by Crippen LogP contribution is -2.06. The maximum atomic E-state index is 12.1. The van der Waals surface area contributed by atoms with Crippen molar-refractivity contribution < 1.29 is 4.79 Å². The molecule has 1 aliphatic carbocycles. The normalized spacial score (nSPS) is 26.4. The van der Waals surface area contributed by atoms with Crippen LogP contribution >= 0.6 is 11.8 Å². The number of fused-ring (bicyclic) bond motifs is 1. The number of thioether (sulfide) groups is 1. The number of hydrogen-bond acceptors (Lipinski definition) is 2. The smallest absolute Gasteiger partial charge is 0.143 e. The molecule has 2 aromatic rings. The van der Waals surface area contributed by atoms with Crippen molar-refractivity contribution >= 4 is 17.5 Å². The van der Waals surface area contributed by atoms with Gasteiger partial charge in [-0.2, -0.15) is 0 Å². The molecule has 1 saturated heterocycles. The van der Waals surface area contributed by atoms with Crippen molar-refractivity contribution in [1.29, 1.82) is 0 Å². The molecule has 1 aliphatic heterocycles. The van der Waals surface area contributed by atoms with Gasteiger partial charge in [0, 0.05) is 18.3 Å². The first-order chi connectivity index (χ1) is 12.3. The van der Waals surface area contributed by atoms with E-state index in [1.54, 1.807) is 5.57 Å². The molecule has 25 heavy (non-hydrogen) atoms. The molecule has 0 N–H and O–H groups in total. The summed E-state index contributed by atoms with van der Waals surface area (Å²) in [6.07, 6.45) is 3.83. The third kappa shape index (κ3) is 3.20. The van der Waals surface area contributed by atoms with E-state index in [2.05, 4.69) is 61.5 Å². The van der Waals surface area contributed by atoms with Crippen molar-refractivity contribution in [2.24, 2.45) is 0 Å². The Morgan fingerprint density at radius 2 is 1.80 bits per heavy atom. The fourth-order valence-corrected chi connectivity index (χ4v) is 5.68. The first kappa shape index (κ1) is 16.7. The van der Waals surface area contributed by atoms with E-state index in [-0.39, 0.29) is 0 Å². The van der Waals surface area contributed by atoms with Crippen molar-refractivity contribution in [3.63, 3.8) is 0 Å². The van der Waals surface area contributed by atoms with Crippen molar-refractivity contribution in [3.8, 4) is 0 Å². The van der Waals surface area contributed by atoms with E-state index in [4.69, 9.17) is 0 Å². The number of rotatable bonds is 2. The summed E-state index contributed by atoms with van der Waals surface area (Å²) in [5.41, 5.74) is 5.89. The van der Waals surface area contributed by atoms with E-state index >= 15 is 0 Å². The van der Waals surface area contributed by atoms with E-state index in [1.165, 1.54) is 21.6 Å². The van der Waals surface area contributed by atoms with E-state index in [0.29, 0.717) is 29.8 Å². The summed E-state index contributed by atoms with van der Waals surface area (Å²) >= 11 is 1.81. The zero-order valence-electron chi connectivity index (χ0n) is 14.7. The molecule has 2 aliphatic rings. The molecule has 0 spiro atoms. The number of Topliss-reactive ketones (excluding diaryl/α,β-unsaturated/α-hetero) is 1. The van der Waals surface area contributed by atoms with Crippen molar-refractivity contribution in [1.82, 2.24) is 0 Å². The van der Waals surface area contributed by atoms with Crippen molar-refractivity contribution in [2.45, 2.75) is 44.4 Å². The summed E-state index contributed by atoms with van der Waals surface area (Å²) < 4.78 is 0. The highest BCUT2D eigenvalue weighted by Crippen LogP contribution is 2.49. The SMILES string of the molecule is CCC1C(=C2SCC(=O)CCC2c2ccccc2)Cc2ccccc21. The van der Waals surface area contributed by atoms with Gasteiger partial charge in [0.1, 0.15) is 5.78 Å². The molecule has 0 bridgehead atoms. The van der Waals surface area contributed by atoms with Gasteiger partial charge in [0.2, 0.25) is 0 Å². The number of allylic oxidation sites excluding steroid dienone is 2. The quantitative estimate of drug-likeness (QED) is 0.675. The second-order valence-corrected chi connectivity index (χ2v) is 8.07. The van der Waals surface area contributed by atoms with Gasteiger partial charge in [-0.1, -0.05) is 61.5 Å². The summed E-state index contributed by atoms with van der Waals surface area (Å²) in [7, 11) is 0. The number of hydrogen-bond donors (Lipinski definition) is 0. The Balaban J connectivity index is 1.82. The number of benzene rings is 2. The minimum Gasteiger partial charge on any atom is -0.299 e. The van der Waals surface area contributed by atoms with Crippen LogP contribution in [0, 0.1) is 0 Å². The minimum absolute atomic E-state index is 0.371. The Hall–Kier alpha value is -1.80. The molecule has 1 nitrogen and oxygen atoms in total. The summed E-state index contributed by atoms with van der Waals surface area (Å²) in [6.45, 7) is 2.29. The highest BCUT2D eigenvalue weighted by Gasteiger charge is 2.33. The summed E-state index contributed by atoms with van der Waals surface area (Å²) in [5, 5.41) is 0. The van der Waals surface area contributed by atoms with Crippen LogP contribution in [-0.4, -0.2) is 11.5 Å². The average molecular weight is 349 g/mol. The lowest BCUT2D eigenvalue weighted by atomic mass is 9.87. The van der Waals surface area contributed by atoms with E-state index in [1.807, 2.05) is 11.8 Å². The maximum absolute atomic E-state index is 12.1. The number of carbonyl (C=O) groups excluding carboxylic acids is 1. The molecule has 1 heterocycles. The summed E-state index contributed by atoms with van der Waals surface area (Å²) in [5.74, 6) is 1.91. The Labute approximate surface area is 154 Å². The Morgan fingerprint density at radius 1 is 1.04 bits per heavy atom. The lowest BCUT2D eigenvalue weighted by Gasteiger charge is -2.23. The van der Waals surface area contributed by atoms with Gasteiger partial charge in [0.05, 0.1) is 5.75 Å². The molecule has 1 fully saturated rings. The third-order valence-corrected chi connectivity index (χ3v) is 6.90. The highest BCUT2D eigenvalue weighted by atomic mass is 32.2. The summed E-state index contributed by atoms with van der Waals surface area (Å²) in [4.78, 5) is 13.6. The first-order valence-electron chi connectivity index (χ1n) is 9.28. The van der Waals surface area contributed by atoms with Gasteiger partial charge in [0.15, 0.2) is 0 Å². The molecule has 0 aromatic heterocycles. The molecule has 2 heteroatoms. The predicted octanol–water partition coefficient (Wildman–Crippen LogP) is 5.87. The zero-order chi connectivity index (χ0) is 17.2. The van der Waals surface area contributed by atoms with Crippen LogP contribution in [0.15, 0.2) is 65.1 Å². The molecule has 0 amide bonds. The van der Waals surface area contributed by atoms with E-state index < -0.39 is 0 Å². The molecule has 0 radical (unpaired) electrons. The van der Waals surface area contributed by atoms with Crippen LogP contribution in [-0.2, 0) is 11.2 Å². The number of ketones is 1. The fourth-order valence-electron chi connectivity index (χ4n) is 4.36. The minimum atomic E-state index is 0.371. The second kappa shape index (κ2) is 7.21. The maximum Gasteiger partial charge on any atom is 0.143 e. The van der Waals surface area contributed by atoms with Crippen LogP contribution in [0.2, 0.25) is 0 Å². The van der Waals surface area contributed by atoms with Gasteiger partial charge >= 0.3 is 0 Å². The average Bonchev–Trinajstić information content (AvgIpc) is 2.91. The molecule has 4 rings (SSSR count). The molecule has 2 unspecified atom stereocenters. The van der Waals surface area contributed by atoms with Gasteiger partial charge in [-0.3, -0.25) is 4.79 Å². The fraction of sp³-hybridized carbons (Fsp3) is 0.348. The van der Waals surface area contributed by atoms with Crippen LogP contribution in [0.1, 0.15) is 54.7 Å². The number of carbonyl (C=O) groups is 1. The molecule has 0 saturated carbocycles. The van der Waals surface area contributed by atoms with Gasteiger partial charge in [0.25, 0.3) is 0 Å². The summed E-state index contributed by atoms with van der Waals surface area (Å²) in [6, 6.07) is 19.6. The standard InChI is InChI=1S/C23H24OS/c1-2-19-20-11-7-6-10-17(20)14-22(19)23-21(13-12-18(24)15-25-23)16-8-4-3-5-9-16/h3-11,19,21H,2,12-15H2,1H3. The van der Waals surface area contributed by atoms with Crippen molar-refractivity contribution in [2.75, 3.05) is 5.75 Å². The van der Waals surface area contributed by atoms with Gasteiger partial charge in [-0.15, -0.1) is 11.8 Å². The molecule has 128 valence electrons. The first-order valence-corrected chi connectivity index (χ1v) is 10.3. The molecular formula is C23H24OS. The van der Waals surface area contributed by atoms with Crippen LogP contribution < -0.4 is 0 Å². The largest absolute Gasteiger partial charge is 0.299 e. The Kier molecular flexibility index (Phi) is 4.80. The van der Waals surface area contributed by atoms with Crippen LogP contribution in [0.25, 0.3) is 0 Å². The van der Waals surface area contributed by atoms with E-state index in [9.17, 15) is 4.79 Å². The van der Waals surface area contributed by atoms with Crippen molar-refractivity contribution in [3.05, 3.63) is 81.8 Å². The Morgan fingerprint density at radius 3 is 2.60 bits per heavy atom. The van der Waals surface area contributed by atoms with E-state index in [0.717, 1.165) is 19.3 Å². The predicted molar refractivity (Wildman–Crippen MR) is 106 cm³/mol. The lowest BCUT2D eigenvalue weighted by molar-refractivity contribution is -0.116. The molecule has 2 atom stereocenters. The second-order valence-electron chi connectivity index (χ2n) is 7.06. The topological polar surface area (TPSA) is 17.1 Å². The van der Waals surface area contributed by atoms with Crippen LogP contribution in [0.5, 0.6) is 0 Å².